The summed E-state index contributed by atoms with van der Waals surface area (Å²) in [6.07, 6.45) is -8.14. The van der Waals surface area contributed by atoms with Crippen LogP contribution >= 0.6 is 0 Å². The first-order chi connectivity index (χ1) is 20.7. The molecule has 0 radical (unpaired) electrons. The number of hydrogen-bond donors (Lipinski definition) is 2. The molecule has 2 atom stereocenters. The van der Waals surface area contributed by atoms with Gasteiger partial charge >= 0.3 is 12.1 Å². The number of aliphatic carboxylic acids is 1. The standard InChI is InChI=1S/C25H22F5N3O5.C4H5NO/c26-24(27)12-33-20-16(7-4-8-17(20)38-13-24)19(14-5-2-1-3-6-14)31-21(23(33)37)32-22(36)15(11-18(34)35)9-10-25(28,29)30;1-4-2-3-6-5-4/h1-8,15,21H,9-13H2,(H,32,36)(H,34,35);2-3H,1H3. The maximum Gasteiger partial charge on any atom is 0.389 e. The van der Waals surface area contributed by atoms with E-state index in [0.29, 0.717) is 5.56 Å². The number of benzene rings is 2. The number of rotatable bonds is 7. The Kier molecular flexibility index (Phi) is 9.65. The van der Waals surface area contributed by atoms with Crippen LogP contribution in [0.5, 0.6) is 5.75 Å². The summed E-state index contributed by atoms with van der Waals surface area (Å²) >= 11 is 0. The Morgan fingerprint density at radius 3 is 2.45 bits per heavy atom. The molecular formula is C29H27F5N4O6. The van der Waals surface area contributed by atoms with Gasteiger partial charge in [0.1, 0.15) is 12.0 Å². The van der Waals surface area contributed by atoms with E-state index in [1.807, 2.05) is 6.92 Å². The molecule has 0 fully saturated rings. The summed E-state index contributed by atoms with van der Waals surface area (Å²) < 4.78 is 77.3. The molecule has 2 amide bonds. The molecule has 5 rings (SSSR count). The van der Waals surface area contributed by atoms with Crippen LogP contribution in [0.2, 0.25) is 0 Å². The highest BCUT2D eigenvalue weighted by Crippen LogP contribution is 2.40. The molecule has 0 aliphatic carbocycles. The number of carbonyl (C=O) groups excluding carboxylic acids is 2. The van der Waals surface area contributed by atoms with Crippen LogP contribution in [0.3, 0.4) is 0 Å². The van der Waals surface area contributed by atoms with Crippen molar-refractivity contribution < 1.29 is 50.7 Å². The molecule has 2 aliphatic heterocycles. The Morgan fingerprint density at radius 2 is 1.86 bits per heavy atom. The third kappa shape index (κ3) is 8.17. The number of aryl methyl sites for hydroxylation is 1. The molecule has 15 heteroatoms. The van der Waals surface area contributed by atoms with Crippen molar-refractivity contribution in [2.24, 2.45) is 10.9 Å². The lowest BCUT2D eigenvalue weighted by Crippen LogP contribution is -2.51. The van der Waals surface area contributed by atoms with Gasteiger partial charge in [-0.1, -0.05) is 47.6 Å². The Morgan fingerprint density at radius 1 is 1.14 bits per heavy atom. The lowest BCUT2D eigenvalue weighted by Gasteiger charge is -2.27. The Labute approximate surface area is 247 Å². The summed E-state index contributed by atoms with van der Waals surface area (Å²) in [4.78, 5) is 42.8. The van der Waals surface area contributed by atoms with Gasteiger partial charge in [-0.3, -0.25) is 19.3 Å². The summed E-state index contributed by atoms with van der Waals surface area (Å²) in [7, 11) is 0. The lowest BCUT2D eigenvalue weighted by atomic mass is 9.98. The smallest absolute Gasteiger partial charge is 0.389 e. The monoisotopic (exact) mass is 622 g/mol. The van der Waals surface area contributed by atoms with E-state index >= 15 is 0 Å². The summed E-state index contributed by atoms with van der Waals surface area (Å²) in [5, 5.41) is 14.9. The number of halogens is 5. The fourth-order valence-corrected chi connectivity index (χ4v) is 4.56. The molecule has 2 aromatic carbocycles. The van der Waals surface area contributed by atoms with E-state index < -0.39 is 74.4 Å². The number of carboxylic acids is 1. The van der Waals surface area contributed by atoms with E-state index in [1.165, 1.54) is 12.1 Å². The summed E-state index contributed by atoms with van der Waals surface area (Å²) in [5.74, 6) is -8.90. The minimum Gasteiger partial charge on any atom is -0.485 e. The molecule has 0 saturated heterocycles. The van der Waals surface area contributed by atoms with Gasteiger partial charge < -0.3 is 19.7 Å². The Bertz CT molecular complexity index is 1510. The van der Waals surface area contributed by atoms with Crippen LogP contribution in [-0.4, -0.2) is 65.2 Å². The highest BCUT2D eigenvalue weighted by molar-refractivity contribution is 6.21. The molecule has 2 aliphatic rings. The van der Waals surface area contributed by atoms with Crippen LogP contribution in [-0.2, 0) is 14.4 Å². The number of carboxylic acid groups (broad SMARTS) is 1. The molecule has 2 unspecified atom stereocenters. The van der Waals surface area contributed by atoms with E-state index in [1.54, 1.807) is 48.7 Å². The van der Waals surface area contributed by atoms with Crippen LogP contribution in [0.4, 0.5) is 27.6 Å². The number of nitrogens with one attached hydrogen (secondary N) is 1. The second-order valence-corrected chi connectivity index (χ2v) is 10.1. The molecule has 1 aromatic heterocycles. The van der Waals surface area contributed by atoms with Gasteiger partial charge in [0.25, 0.3) is 11.8 Å². The number of amides is 2. The van der Waals surface area contributed by atoms with Crippen LogP contribution < -0.4 is 15.0 Å². The molecule has 0 spiro atoms. The molecule has 2 N–H and O–H groups in total. The molecule has 0 saturated carbocycles. The fraction of sp³-hybridized carbons (Fsp3) is 0.345. The number of carbonyl (C=O) groups is 3. The van der Waals surface area contributed by atoms with E-state index in [2.05, 4.69) is 20.0 Å². The SMILES string of the molecule is Cc1ccon1.O=C(O)CC(CCC(F)(F)F)C(=O)NC1N=C(c2ccccc2)c2cccc3c2N(CC(F)(F)CO3)C1=O. The zero-order valence-electron chi connectivity index (χ0n) is 23.2. The zero-order chi connectivity index (χ0) is 32.1. The van der Waals surface area contributed by atoms with Crippen LogP contribution in [0, 0.1) is 12.8 Å². The number of para-hydroxylation sites is 1. The van der Waals surface area contributed by atoms with Crippen molar-refractivity contribution in [2.45, 2.75) is 44.5 Å². The van der Waals surface area contributed by atoms with Crippen molar-refractivity contribution in [3.8, 4) is 5.75 Å². The summed E-state index contributed by atoms with van der Waals surface area (Å²) in [6.45, 7) is -0.240. The fourth-order valence-electron chi connectivity index (χ4n) is 4.56. The van der Waals surface area contributed by atoms with Crippen LogP contribution in [0.15, 0.2) is 70.4 Å². The summed E-state index contributed by atoms with van der Waals surface area (Å²) in [6, 6.07) is 14.6. The predicted octanol–water partition coefficient (Wildman–Crippen LogP) is 4.76. The topological polar surface area (TPSA) is 134 Å². The van der Waals surface area contributed by atoms with Crippen molar-refractivity contribution in [2.75, 3.05) is 18.1 Å². The first-order valence-electron chi connectivity index (χ1n) is 13.3. The van der Waals surface area contributed by atoms with Gasteiger partial charge in [-0.2, -0.15) is 13.2 Å². The van der Waals surface area contributed by atoms with Crippen molar-refractivity contribution in [1.82, 2.24) is 10.5 Å². The van der Waals surface area contributed by atoms with E-state index in [-0.39, 0.29) is 22.7 Å². The van der Waals surface area contributed by atoms with Gasteiger partial charge in [-0.15, -0.1) is 0 Å². The minimum atomic E-state index is -4.65. The number of alkyl halides is 5. The average molecular weight is 623 g/mol. The lowest BCUT2D eigenvalue weighted by molar-refractivity contribution is -0.148. The molecule has 3 heterocycles. The number of aliphatic imine (C=N–C) groups is 1. The first kappa shape index (κ1) is 32.1. The molecule has 44 heavy (non-hydrogen) atoms. The average Bonchev–Trinajstić information content (AvgIpc) is 3.35. The summed E-state index contributed by atoms with van der Waals surface area (Å²) in [5.41, 5.74) is 1.80. The van der Waals surface area contributed by atoms with E-state index in [0.717, 1.165) is 10.6 Å². The van der Waals surface area contributed by atoms with E-state index in [9.17, 15) is 36.3 Å². The number of aromatic nitrogens is 1. The third-order valence-corrected chi connectivity index (χ3v) is 6.57. The minimum absolute atomic E-state index is 0.00758. The number of anilines is 1. The Hall–Kier alpha value is -4.82. The maximum absolute atomic E-state index is 14.6. The largest absolute Gasteiger partial charge is 0.485 e. The predicted molar refractivity (Wildman–Crippen MR) is 146 cm³/mol. The Balaban J connectivity index is 0.000000657. The highest BCUT2D eigenvalue weighted by atomic mass is 19.4. The van der Waals surface area contributed by atoms with Gasteiger partial charge in [0.15, 0.2) is 6.61 Å². The van der Waals surface area contributed by atoms with E-state index in [4.69, 9.17) is 9.84 Å². The van der Waals surface area contributed by atoms with Crippen LogP contribution in [0.1, 0.15) is 36.1 Å². The molecular weight excluding hydrogens is 595 g/mol. The van der Waals surface area contributed by atoms with Gasteiger partial charge in [0.05, 0.1) is 30.1 Å². The van der Waals surface area contributed by atoms with Crippen molar-refractivity contribution in [3.63, 3.8) is 0 Å². The highest BCUT2D eigenvalue weighted by Gasteiger charge is 2.44. The number of hydrogen-bond acceptors (Lipinski definition) is 7. The van der Waals surface area contributed by atoms with Gasteiger partial charge in [-0.05, 0) is 19.4 Å². The zero-order valence-corrected chi connectivity index (χ0v) is 23.2. The molecule has 0 bridgehead atoms. The van der Waals surface area contributed by atoms with Crippen LogP contribution in [0.25, 0.3) is 0 Å². The number of nitrogens with zero attached hydrogens (tertiary/aromatic N) is 3. The third-order valence-electron chi connectivity index (χ3n) is 6.57. The van der Waals surface area contributed by atoms with Crippen molar-refractivity contribution >= 4 is 29.2 Å². The first-order valence-corrected chi connectivity index (χ1v) is 13.3. The maximum atomic E-state index is 14.6. The second-order valence-electron chi connectivity index (χ2n) is 10.1. The quantitative estimate of drug-likeness (QED) is 0.363. The molecule has 234 valence electrons. The normalized spacial score (nSPS) is 17.9. The second kappa shape index (κ2) is 13.2. The van der Waals surface area contributed by atoms with Crippen molar-refractivity contribution in [1.29, 1.82) is 0 Å². The molecule has 10 nitrogen and oxygen atoms in total. The van der Waals surface area contributed by atoms with Gasteiger partial charge in [0, 0.05) is 29.5 Å². The number of ether oxygens (including phenoxy) is 1. The molecule has 3 aromatic rings. The van der Waals surface area contributed by atoms with Gasteiger partial charge in [0.2, 0.25) is 12.1 Å². The van der Waals surface area contributed by atoms with Gasteiger partial charge in [-0.25, -0.2) is 13.8 Å². The van der Waals surface area contributed by atoms with Crippen molar-refractivity contribution in [3.05, 3.63) is 77.7 Å².